The first-order chi connectivity index (χ1) is 7.94. The average Bonchev–Trinajstić information content (AvgIpc) is 2.38. The Hall–Kier alpha value is -0.240. The third-order valence-corrected chi connectivity index (χ3v) is 4.14. The van der Waals surface area contributed by atoms with Crippen LogP contribution in [0.5, 0.6) is 0 Å². The van der Waals surface area contributed by atoms with Crippen molar-refractivity contribution in [3.8, 4) is 0 Å². The number of likely N-dealkylation sites (tertiary alicyclic amines) is 1. The number of alkyl halides is 1. The number of amides is 1. The number of rotatable bonds is 5. The van der Waals surface area contributed by atoms with E-state index in [1.165, 1.54) is 0 Å². The van der Waals surface area contributed by atoms with Gasteiger partial charge in [0.15, 0.2) is 0 Å². The fraction of sp³-hybridized carbons (Fsp3) is 0.929. The van der Waals surface area contributed by atoms with Gasteiger partial charge in [0.05, 0.1) is 0 Å². The number of halogens is 1. The average molecular weight is 260 g/mol. The Labute approximate surface area is 111 Å². The summed E-state index contributed by atoms with van der Waals surface area (Å²) in [7, 11) is 0. The molecule has 1 fully saturated rings. The molecule has 1 unspecified atom stereocenters. The van der Waals surface area contributed by atoms with Crippen molar-refractivity contribution in [2.45, 2.75) is 52.9 Å². The highest BCUT2D eigenvalue weighted by atomic mass is 35.5. The molecular formula is C14H26ClNO. The molecule has 1 saturated heterocycles. The molecule has 0 aromatic carbocycles. The molecule has 1 amide bonds. The first-order valence-corrected chi connectivity index (χ1v) is 7.32. The summed E-state index contributed by atoms with van der Waals surface area (Å²) >= 11 is 5.73. The number of hydrogen-bond acceptors (Lipinski definition) is 1. The van der Waals surface area contributed by atoms with Crippen LogP contribution in [0.4, 0.5) is 0 Å². The van der Waals surface area contributed by atoms with Gasteiger partial charge >= 0.3 is 0 Å². The van der Waals surface area contributed by atoms with Gasteiger partial charge in [-0.3, -0.25) is 4.79 Å². The number of carbonyl (C=O) groups is 1. The predicted molar refractivity (Wildman–Crippen MR) is 73.3 cm³/mol. The summed E-state index contributed by atoms with van der Waals surface area (Å²) in [6.45, 7) is 8.58. The lowest BCUT2D eigenvalue weighted by Gasteiger charge is -2.24. The summed E-state index contributed by atoms with van der Waals surface area (Å²) in [5, 5.41) is 0. The molecule has 0 saturated carbocycles. The molecule has 0 bridgehead atoms. The Morgan fingerprint density at radius 2 is 2.06 bits per heavy atom. The van der Waals surface area contributed by atoms with Gasteiger partial charge in [-0.1, -0.05) is 20.8 Å². The Balaban J connectivity index is 2.39. The summed E-state index contributed by atoms with van der Waals surface area (Å²) < 4.78 is 0. The van der Waals surface area contributed by atoms with Gasteiger partial charge in [0.25, 0.3) is 0 Å². The maximum absolute atomic E-state index is 12.0. The maximum Gasteiger partial charge on any atom is 0.222 e. The topological polar surface area (TPSA) is 20.3 Å². The van der Waals surface area contributed by atoms with Crippen molar-refractivity contribution in [3.05, 3.63) is 0 Å². The highest BCUT2D eigenvalue weighted by Crippen LogP contribution is 2.30. The smallest absolute Gasteiger partial charge is 0.222 e. The third-order valence-electron chi connectivity index (χ3n) is 3.92. The first kappa shape index (κ1) is 14.8. The van der Waals surface area contributed by atoms with Gasteiger partial charge in [0.1, 0.15) is 0 Å². The van der Waals surface area contributed by atoms with Crippen molar-refractivity contribution in [1.82, 2.24) is 4.90 Å². The van der Waals surface area contributed by atoms with Gasteiger partial charge in [-0.25, -0.2) is 0 Å². The normalized spacial score (nSPS) is 22.4. The van der Waals surface area contributed by atoms with E-state index in [0.29, 0.717) is 17.2 Å². The maximum atomic E-state index is 12.0. The molecule has 1 atom stereocenters. The van der Waals surface area contributed by atoms with Gasteiger partial charge in [-0.2, -0.15) is 0 Å². The predicted octanol–water partition coefficient (Wildman–Crippen LogP) is 3.68. The Kier molecular flexibility index (Phi) is 5.78. The van der Waals surface area contributed by atoms with Crippen molar-refractivity contribution in [1.29, 1.82) is 0 Å². The van der Waals surface area contributed by atoms with E-state index in [2.05, 4.69) is 25.7 Å². The standard InChI is InChI=1S/C14H26ClNO/c1-12(5-9-15)6-10-16-11-8-14(2,3)7-4-13(16)17/h12H,4-11H2,1-3H3. The second-order valence-electron chi connectivity index (χ2n) is 6.17. The fourth-order valence-corrected chi connectivity index (χ4v) is 2.61. The highest BCUT2D eigenvalue weighted by molar-refractivity contribution is 6.17. The van der Waals surface area contributed by atoms with Crippen molar-refractivity contribution in [3.63, 3.8) is 0 Å². The van der Waals surface area contributed by atoms with Gasteiger partial charge in [0.2, 0.25) is 5.91 Å². The summed E-state index contributed by atoms with van der Waals surface area (Å²) in [5.74, 6) is 1.69. The van der Waals surface area contributed by atoms with Crippen LogP contribution in [0.2, 0.25) is 0 Å². The molecule has 100 valence electrons. The van der Waals surface area contributed by atoms with Gasteiger partial charge < -0.3 is 4.90 Å². The van der Waals surface area contributed by atoms with E-state index in [-0.39, 0.29) is 0 Å². The Morgan fingerprint density at radius 3 is 2.71 bits per heavy atom. The van der Waals surface area contributed by atoms with Crippen LogP contribution in [0.15, 0.2) is 0 Å². The summed E-state index contributed by atoms with van der Waals surface area (Å²) in [4.78, 5) is 14.0. The zero-order valence-electron chi connectivity index (χ0n) is 11.5. The van der Waals surface area contributed by atoms with E-state index in [9.17, 15) is 4.79 Å². The summed E-state index contributed by atoms with van der Waals surface area (Å²) in [5.41, 5.74) is 0.326. The summed E-state index contributed by atoms with van der Waals surface area (Å²) in [6.07, 6.45) is 5.01. The lowest BCUT2D eigenvalue weighted by molar-refractivity contribution is -0.130. The second kappa shape index (κ2) is 6.63. The van der Waals surface area contributed by atoms with Gasteiger partial charge in [-0.05, 0) is 37.0 Å². The minimum absolute atomic E-state index is 0.326. The zero-order chi connectivity index (χ0) is 12.9. The van der Waals surface area contributed by atoms with Crippen molar-refractivity contribution >= 4 is 17.5 Å². The van der Waals surface area contributed by atoms with Crippen molar-refractivity contribution < 1.29 is 4.79 Å². The minimum Gasteiger partial charge on any atom is -0.343 e. The van der Waals surface area contributed by atoms with Crippen LogP contribution in [0.1, 0.15) is 52.9 Å². The van der Waals surface area contributed by atoms with Crippen LogP contribution in [0.3, 0.4) is 0 Å². The SMILES string of the molecule is CC(CCCl)CCN1CCC(C)(C)CCC1=O. The van der Waals surface area contributed by atoms with Crippen LogP contribution in [0.25, 0.3) is 0 Å². The van der Waals surface area contributed by atoms with Gasteiger partial charge in [-0.15, -0.1) is 11.6 Å². The van der Waals surface area contributed by atoms with Gasteiger partial charge in [0, 0.05) is 25.4 Å². The Morgan fingerprint density at radius 1 is 1.35 bits per heavy atom. The molecule has 0 aliphatic carbocycles. The molecule has 1 rings (SSSR count). The van der Waals surface area contributed by atoms with E-state index in [1.54, 1.807) is 0 Å². The minimum atomic E-state index is 0.326. The van der Waals surface area contributed by atoms with Crippen molar-refractivity contribution in [2.24, 2.45) is 11.3 Å². The van der Waals surface area contributed by atoms with Crippen LogP contribution >= 0.6 is 11.6 Å². The molecule has 1 aliphatic heterocycles. The van der Waals surface area contributed by atoms with E-state index in [4.69, 9.17) is 11.6 Å². The molecule has 2 nitrogen and oxygen atoms in total. The van der Waals surface area contributed by atoms with Crippen LogP contribution in [0, 0.1) is 11.3 Å². The zero-order valence-corrected chi connectivity index (χ0v) is 12.2. The van der Waals surface area contributed by atoms with E-state index >= 15 is 0 Å². The number of carbonyl (C=O) groups excluding carboxylic acids is 1. The Bertz CT molecular complexity index is 253. The molecule has 1 heterocycles. The molecule has 3 heteroatoms. The first-order valence-electron chi connectivity index (χ1n) is 6.78. The molecule has 0 aromatic heterocycles. The molecule has 1 aliphatic rings. The number of hydrogen-bond donors (Lipinski definition) is 0. The molecule has 0 radical (unpaired) electrons. The lowest BCUT2D eigenvalue weighted by Crippen LogP contribution is -2.32. The molecule has 17 heavy (non-hydrogen) atoms. The molecule has 0 aromatic rings. The lowest BCUT2D eigenvalue weighted by atomic mass is 9.85. The largest absolute Gasteiger partial charge is 0.343 e. The van der Waals surface area contributed by atoms with E-state index < -0.39 is 0 Å². The van der Waals surface area contributed by atoms with Crippen molar-refractivity contribution in [2.75, 3.05) is 19.0 Å². The monoisotopic (exact) mass is 259 g/mol. The molecule has 0 N–H and O–H groups in total. The molecular weight excluding hydrogens is 234 g/mol. The second-order valence-corrected chi connectivity index (χ2v) is 6.54. The number of nitrogens with zero attached hydrogens (tertiary/aromatic N) is 1. The molecule has 0 spiro atoms. The van der Waals surface area contributed by atoms with E-state index in [1.807, 2.05) is 0 Å². The fourth-order valence-electron chi connectivity index (χ4n) is 2.23. The quantitative estimate of drug-likeness (QED) is 0.690. The highest BCUT2D eigenvalue weighted by Gasteiger charge is 2.27. The third kappa shape index (κ3) is 5.29. The van der Waals surface area contributed by atoms with Crippen LogP contribution in [-0.2, 0) is 4.79 Å². The summed E-state index contributed by atoms with van der Waals surface area (Å²) in [6, 6.07) is 0. The van der Waals surface area contributed by atoms with Crippen LogP contribution in [-0.4, -0.2) is 29.8 Å². The van der Waals surface area contributed by atoms with Crippen LogP contribution < -0.4 is 0 Å². The van der Waals surface area contributed by atoms with E-state index in [0.717, 1.165) is 51.1 Å².